The molecule has 0 aliphatic carbocycles. The second kappa shape index (κ2) is 15.2. The molecule has 56 heavy (non-hydrogen) atoms. The molecule has 2 heterocycles. The number of carboxylic acids is 1. The van der Waals surface area contributed by atoms with Crippen molar-refractivity contribution in [2.24, 2.45) is 0 Å². The fourth-order valence-electron chi connectivity index (χ4n) is 7.62. The second-order valence-corrected chi connectivity index (χ2v) is 13.6. The normalized spacial score (nSPS) is 11.4. The van der Waals surface area contributed by atoms with E-state index in [0.29, 0.717) is 35.4 Å². The summed E-state index contributed by atoms with van der Waals surface area (Å²) in [5, 5.41) is 36.8. The van der Waals surface area contributed by atoms with Gasteiger partial charge < -0.3 is 5.11 Å². The van der Waals surface area contributed by atoms with Gasteiger partial charge in [-0.05, 0) is 56.6 Å². The number of hydrogen-bond acceptors (Lipinski definition) is 7. The number of hydrogen-bond donors (Lipinski definition) is 1. The summed E-state index contributed by atoms with van der Waals surface area (Å²) in [5.41, 5.74) is 7.05. The van der Waals surface area contributed by atoms with E-state index in [1.165, 1.54) is 18.2 Å². The van der Waals surface area contributed by atoms with Gasteiger partial charge >= 0.3 is 5.97 Å². The van der Waals surface area contributed by atoms with Crippen LogP contribution in [0.4, 0.5) is 5.69 Å². The van der Waals surface area contributed by atoms with Gasteiger partial charge in [0, 0.05) is 35.2 Å². The first-order valence-corrected chi connectivity index (χ1v) is 18.4. The molecule has 0 atom stereocenters. The number of carbonyl (C=O) groups is 1. The predicted molar refractivity (Wildman–Crippen MR) is 215 cm³/mol. The van der Waals surface area contributed by atoms with Crippen LogP contribution >= 0.6 is 0 Å². The van der Waals surface area contributed by atoms with E-state index in [1.807, 2.05) is 110 Å². The van der Waals surface area contributed by atoms with Crippen molar-refractivity contribution in [2.45, 2.75) is 31.7 Å². The van der Waals surface area contributed by atoms with Gasteiger partial charge in [0.15, 0.2) is 5.54 Å². The minimum Gasteiger partial charge on any atom is -0.478 e. The number of aryl methyl sites for hydroxylation is 1. The highest BCUT2D eigenvalue weighted by atomic mass is 16.6. The number of rotatable bonds is 12. The number of nitrogens with zero attached hydrogens (tertiary/aromatic N) is 6. The van der Waals surface area contributed by atoms with Gasteiger partial charge in [-0.25, -0.2) is 4.79 Å². The Hall–Kier alpha value is -7.33. The van der Waals surface area contributed by atoms with Gasteiger partial charge in [-0.1, -0.05) is 153 Å². The van der Waals surface area contributed by atoms with Crippen molar-refractivity contribution in [3.8, 4) is 22.5 Å². The molecule has 0 saturated carbocycles. The van der Waals surface area contributed by atoms with Crippen molar-refractivity contribution in [3.63, 3.8) is 0 Å². The molecule has 8 aromatic rings. The van der Waals surface area contributed by atoms with Crippen molar-refractivity contribution < 1.29 is 14.8 Å². The van der Waals surface area contributed by atoms with Crippen molar-refractivity contribution in [1.82, 2.24) is 25.2 Å². The number of pyridine rings is 1. The number of carboxylic acid groups (broad SMARTS) is 1. The van der Waals surface area contributed by atoms with Crippen LogP contribution in [-0.2, 0) is 18.4 Å². The quantitative estimate of drug-likeness (QED) is 0.0744. The van der Waals surface area contributed by atoms with Gasteiger partial charge in [-0.15, -0.1) is 15.0 Å². The van der Waals surface area contributed by atoms with Gasteiger partial charge in [0.2, 0.25) is 5.82 Å². The van der Waals surface area contributed by atoms with Gasteiger partial charge in [-0.2, -0.15) is 0 Å². The first-order valence-electron chi connectivity index (χ1n) is 18.4. The Morgan fingerprint density at radius 3 is 1.88 bits per heavy atom. The number of fused-ring (bicyclic) bond motifs is 1. The number of tetrazole rings is 1. The highest BCUT2D eigenvalue weighted by Crippen LogP contribution is 2.40. The van der Waals surface area contributed by atoms with Crippen molar-refractivity contribution in [3.05, 3.63) is 207 Å². The molecule has 0 spiro atoms. The summed E-state index contributed by atoms with van der Waals surface area (Å²) in [6.45, 7) is 2.01. The first-order chi connectivity index (χ1) is 27.4. The molecule has 0 bridgehead atoms. The smallest absolute Gasteiger partial charge is 0.336 e. The summed E-state index contributed by atoms with van der Waals surface area (Å²) in [4.78, 5) is 30.3. The van der Waals surface area contributed by atoms with E-state index in [0.717, 1.165) is 45.4 Å². The molecule has 0 unspecified atom stereocenters. The molecule has 10 nitrogen and oxygen atoms in total. The molecule has 8 rings (SSSR count). The van der Waals surface area contributed by atoms with Gasteiger partial charge in [0.25, 0.3) is 5.69 Å². The zero-order chi connectivity index (χ0) is 38.6. The van der Waals surface area contributed by atoms with E-state index in [-0.39, 0.29) is 16.6 Å². The van der Waals surface area contributed by atoms with Crippen LogP contribution in [0.25, 0.3) is 33.4 Å². The lowest BCUT2D eigenvalue weighted by atomic mass is 9.77. The molecule has 274 valence electrons. The summed E-state index contributed by atoms with van der Waals surface area (Å²) in [7, 11) is 0. The van der Waals surface area contributed by atoms with Crippen LogP contribution in [0.1, 0.15) is 57.2 Å². The largest absolute Gasteiger partial charge is 0.478 e. The highest BCUT2D eigenvalue weighted by molar-refractivity contribution is 6.05. The summed E-state index contributed by atoms with van der Waals surface area (Å²) in [6.07, 6.45) is 1.62. The monoisotopic (exact) mass is 736 g/mol. The zero-order valence-electron chi connectivity index (χ0n) is 30.5. The Morgan fingerprint density at radius 1 is 0.750 bits per heavy atom. The molecule has 0 radical (unpaired) electrons. The standard InChI is InChI=1S/C46H36N6O4/c1-2-14-41-39(43(45(53)54)40-30-36(51(55)56)27-28-42(40)47-41)29-31-23-25-32(26-24-31)37-21-12-13-22-38(37)44-48-50-52(49-44)46(33-15-6-3-7-16-33,34-17-8-4-9-18-34)35-19-10-5-11-20-35/h3-13,15-28,30H,2,14,29H2,1H3,(H,53,54). The molecule has 0 fully saturated rings. The van der Waals surface area contributed by atoms with E-state index in [9.17, 15) is 20.0 Å². The molecule has 2 aromatic heterocycles. The Morgan fingerprint density at radius 2 is 1.32 bits per heavy atom. The molecule has 1 N–H and O–H groups in total. The summed E-state index contributed by atoms with van der Waals surface area (Å²) < 4.78 is 0. The topological polar surface area (TPSA) is 137 Å². The Kier molecular flexibility index (Phi) is 9.68. The van der Waals surface area contributed by atoms with Crippen molar-refractivity contribution >= 4 is 22.6 Å². The fraction of sp³-hybridized carbons (Fsp3) is 0.109. The van der Waals surface area contributed by atoms with E-state index >= 15 is 0 Å². The average Bonchev–Trinajstić information content (AvgIpc) is 3.73. The Bertz CT molecular complexity index is 2590. The van der Waals surface area contributed by atoms with Crippen molar-refractivity contribution in [2.75, 3.05) is 0 Å². The number of aromatic carboxylic acids is 1. The van der Waals surface area contributed by atoms with E-state index in [1.54, 1.807) is 4.80 Å². The van der Waals surface area contributed by atoms with Crippen LogP contribution in [0, 0.1) is 10.1 Å². The predicted octanol–water partition coefficient (Wildman–Crippen LogP) is 9.55. The van der Waals surface area contributed by atoms with Crippen molar-refractivity contribution in [1.29, 1.82) is 0 Å². The van der Waals surface area contributed by atoms with Gasteiger partial charge in [-0.3, -0.25) is 15.1 Å². The van der Waals surface area contributed by atoms with Crippen LogP contribution in [0.3, 0.4) is 0 Å². The summed E-state index contributed by atoms with van der Waals surface area (Å²) in [6, 6.07) is 50.6. The Labute approximate surface area is 322 Å². The van der Waals surface area contributed by atoms with Crippen LogP contribution in [0.2, 0.25) is 0 Å². The van der Waals surface area contributed by atoms with E-state index in [4.69, 9.17) is 15.3 Å². The third kappa shape index (κ3) is 6.47. The zero-order valence-corrected chi connectivity index (χ0v) is 30.5. The maximum Gasteiger partial charge on any atom is 0.336 e. The molecule has 0 aliphatic rings. The Balaban J connectivity index is 1.19. The van der Waals surface area contributed by atoms with Crippen LogP contribution in [0.5, 0.6) is 0 Å². The van der Waals surface area contributed by atoms with Crippen LogP contribution < -0.4 is 0 Å². The minimum atomic E-state index is -1.15. The molecule has 0 saturated heterocycles. The SMILES string of the molecule is CCCc1nc2ccc([N+](=O)[O-])cc2c(C(=O)O)c1Cc1ccc(-c2ccccc2-c2nnn(C(c3ccccc3)(c3ccccc3)c3ccccc3)n2)cc1. The number of nitro benzene ring substituents is 1. The molecule has 6 aromatic carbocycles. The fourth-order valence-corrected chi connectivity index (χ4v) is 7.62. The summed E-state index contributed by atoms with van der Waals surface area (Å²) >= 11 is 0. The van der Waals surface area contributed by atoms with E-state index in [2.05, 4.69) is 41.5 Å². The molecule has 0 aliphatic heterocycles. The maximum absolute atomic E-state index is 12.8. The van der Waals surface area contributed by atoms with Gasteiger partial charge in [0.05, 0.1) is 16.0 Å². The molecular weight excluding hydrogens is 701 g/mol. The number of benzene rings is 6. The lowest BCUT2D eigenvalue weighted by Crippen LogP contribution is -2.39. The summed E-state index contributed by atoms with van der Waals surface area (Å²) in [5.74, 6) is -0.685. The average molecular weight is 737 g/mol. The maximum atomic E-state index is 12.8. The lowest BCUT2D eigenvalue weighted by Gasteiger charge is -2.34. The second-order valence-electron chi connectivity index (χ2n) is 13.6. The number of aromatic nitrogens is 5. The number of non-ortho nitro benzene ring substituents is 1. The number of nitro groups is 1. The molecule has 10 heteroatoms. The third-order valence-electron chi connectivity index (χ3n) is 10.2. The van der Waals surface area contributed by atoms with Crippen LogP contribution in [-0.4, -0.2) is 41.2 Å². The van der Waals surface area contributed by atoms with E-state index < -0.39 is 16.4 Å². The van der Waals surface area contributed by atoms with Crippen LogP contribution in [0.15, 0.2) is 158 Å². The van der Waals surface area contributed by atoms with Gasteiger partial charge in [0.1, 0.15) is 0 Å². The lowest BCUT2D eigenvalue weighted by molar-refractivity contribution is -0.384. The highest BCUT2D eigenvalue weighted by Gasteiger charge is 2.41. The molecular formula is C46H36N6O4. The first kappa shape index (κ1) is 35.7. The molecule has 0 amide bonds. The third-order valence-corrected chi connectivity index (χ3v) is 10.2. The minimum absolute atomic E-state index is 0.0447.